The van der Waals surface area contributed by atoms with Gasteiger partial charge in [0, 0.05) is 29.4 Å². The zero-order valence-electron chi connectivity index (χ0n) is 21.2. The number of aromatic amines is 1. The van der Waals surface area contributed by atoms with Crippen molar-refractivity contribution in [3.05, 3.63) is 80.8 Å². The lowest BCUT2D eigenvalue weighted by Gasteiger charge is -2.38. The summed E-state index contributed by atoms with van der Waals surface area (Å²) in [5.74, 6) is 0.606. The Morgan fingerprint density at radius 2 is 1.76 bits per heavy atom. The number of ether oxygens (including phenoxy) is 2. The van der Waals surface area contributed by atoms with Crippen LogP contribution in [0.1, 0.15) is 49.3 Å². The molecule has 0 saturated carbocycles. The number of Topliss-reactive ketones (excluding diaryl/α,β-unsaturated/α-hetero) is 1. The van der Waals surface area contributed by atoms with Gasteiger partial charge in [-0.25, -0.2) is 4.98 Å². The number of hydrogen-bond acceptors (Lipinski definition) is 8. The quantitative estimate of drug-likeness (QED) is 0.309. The molecule has 2 aromatic carbocycles. The first kappa shape index (κ1) is 25.0. The molecule has 9 heteroatoms. The van der Waals surface area contributed by atoms with E-state index in [0.29, 0.717) is 46.3 Å². The van der Waals surface area contributed by atoms with Gasteiger partial charge in [0.2, 0.25) is 5.75 Å². The van der Waals surface area contributed by atoms with Crippen LogP contribution in [0.5, 0.6) is 17.2 Å². The van der Waals surface area contributed by atoms with E-state index in [0.717, 1.165) is 11.3 Å². The van der Waals surface area contributed by atoms with Gasteiger partial charge in [0.25, 0.3) is 5.56 Å². The van der Waals surface area contributed by atoms with E-state index in [9.17, 15) is 14.7 Å². The van der Waals surface area contributed by atoms with E-state index in [4.69, 9.17) is 14.5 Å². The van der Waals surface area contributed by atoms with E-state index in [1.807, 2.05) is 30.3 Å². The van der Waals surface area contributed by atoms with Crippen LogP contribution in [-0.4, -0.2) is 35.1 Å². The number of H-pyrrole nitrogens is 1. The number of anilines is 1. The fraction of sp³-hybridized carbons (Fsp3) is 0.321. The van der Waals surface area contributed by atoms with Gasteiger partial charge in [0.15, 0.2) is 22.4 Å². The van der Waals surface area contributed by atoms with Gasteiger partial charge in [0.1, 0.15) is 5.82 Å². The van der Waals surface area contributed by atoms with Crippen molar-refractivity contribution >= 4 is 23.4 Å². The summed E-state index contributed by atoms with van der Waals surface area (Å²) in [6.45, 7) is 4.11. The van der Waals surface area contributed by atoms with E-state index in [1.165, 1.54) is 26.0 Å². The first-order chi connectivity index (χ1) is 17.7. The highest BCUT2D eigenvalue weighted by molar-refractivity contribution is 7.98. The molecule has 0 amide bonds. The number of benzene rings is 2. The highest BCUT2D eigenvalue weighted by Gasteiger charge is 2.43. The number of aromatic nitrogens is 2. The average molecular weight is 520 g/mol. The fourth-order valence-corrected chi connectivity index (χ4v) is 5.92. The van der Waals surface area contributed by atoms with Gasteiger partial charge in [-0.15, -0.1) is 0 Å². The van der Waals surface area contributed by atoms with E-state index >= 15 is 0 Å². The van der Waals surface area contributed by atoms with Crippen molar-refractivity contribution in [2.75, 3.05) is 19.5 Å². The van der Waals surface area contributed by atoms with Crippen molar-refractivity contribution in [2.24, 2.45) is 5.41 Å². The van der Waals surface area contributed by atoms with Crippen LogP contribution in [0.15, 0.2) is 63.7 Å². The summed E-state index contributed by atoms with van der Waals surface area (Å²) in [5.41, 5.74) is 2.82. The second-order valence-corrected chi connectivity index (χ2v) is 11.0. The number of thioether (sulfide) groups is 1. The van der Waals surface area contributed by atoms with Crippen molar-refractivity contribution in [3.63, 3.8) is 0 Å². The maximum Gasteiger partial charge on any atom is 0.257 e. The number of allylic oxidation sites excluding steroid dienone is 2. The first-order valence-corrected chi connectivity index (χ1v) is 13.0. The number of nitrogens with zero attached hydrogens (tertiary/aromatic N) is 1. The number of aromatic hydroxyl groups is 1. The number of carbonyl (C=O) groups is 1. The topological polar surface area (TPSA) is 114 Å². The Balaban J connectivity index is 1.65. The average Bonchev–Trinajstić information content (AvgIpc) is 2.86. The lowest BCUT2D eigenvalue weighted by molar-refractivity contribution is -0.118. The minimum atomic E-state index is -0.692. The van der Waals surface area contributed by atoms with E-state index in [1.54, 1.807) is 12.1 Å². The zero-order valence-corrected chi connectivity index (χ0v) is 22.0. The lowest BCUT2D eigenvalue weighted by atomic mass is 9.69. The van der Waals surface area contributed by atoms with Gasteiger partial charge >= 0.3 is 0 Å². The summed E-state index contributed by atoms with van der Waals surface area (Å²) in [6.07, 6.45) is 0.999. The molecule has 0 radical (unpaired) electrons. The minimum Gasteiger partial charge on any atom is -0.502 e. The third-order valence-corrected chi connectivity index (χ3v) is 7.70. The van der Waals surface area contributed by atoms with Crippen LogP contribution in [0, 0.1) is 5.41 Å². The molecule has 3 aromatic rings. The number of hydrogen-bond donors (Lipinski definition) is 3. The Morgan fingerprint density at radius 1 is 1.08 bits per heavy atom. The molecule has 8 nitrogen and oxygen atoms in total. The van der Waals surface area contributed by atoms with Crippen LogP contribution in [-0.2, 0) is 10.5 Å². The van der Waals surface area contributed by atoms with Gasteiger partial charge in [-0.05, 0) is 35.1 Å². The molecule has 1 aliphatic heterocycles. The van der Waals surface area contributed by atoms with Crippen LogP contribution in [0.2, 0.25) is 0 Å². The summed E-state index contributed by atoms with van der Waals surface area (Å²) in [5, 5.41) is 14.3. The Bertz CT molecular complexity index is 1440. The van der Waals surface area contributed by atoms with Crippen molar-refractivity contribution in [3.8, 4) is 17.2 Å². The van der Waals surface area contributed by atoms with Gasteiger partial charge in [-0.3, -0.25) is 9.59 Å². The Hall–Kier alpha value is -3.72. The van der Waals surface area contributed by atoms with Crippen LogP contribution in [0.4, 0.5) is 5.82 Å². The third-order valence-electron chi connectivity index (χ3n) is 6.75. The number of phenols is 1. The number of carbonyl (C=O) groups excluding carboxylic acids is 1. The van der Waals surface area contributed by atoms with Crippen molar-refractivity contribution < 1.29 is 19.4 Å². The molecule has 0 fully saturated rings. The van der Waals surface area contributed by atoms with E-state index in [-0.39, 0.29) is 34.0 Å². The number of phenolic OH excluding ortho intramolecular Hbond substituents is 1. The van der Waals surface area contributed by atoms with Crippen molar-refractivity contribution in [2.45, 2.75) is 43.5 Å². The highest BCUT2D eigenvalue weighted by atomic mass is 32.2. The number of nitrogens with one attached hydrogen (secondary N) is 2. The molecule has 192 valence electrons. The molecule has 5 rings (SSSR count). The van der Waals surface area contributed by atoms with Gasteiger partial charge in [0.05, 0.1) is 19.8 Å². The standard InChI is InChI=1S/C28H29N3O5S/c1-28(2)12-17-22(18(32)13-28)21(16-10-19(35-3)24(33)20(11-16)36-4)23-25(29-17)30-27(31-26(23)34)37-14-15-8-6-5-7-9-15/h5-11,21,33H,12-14H2,1-4H3,(H2,29,30,31,34). The largest absolute Gasteiger partial charge is 0.502 e. The molecule has 0 saturated heterocycles. The van der Waals surface area contributed by atoms with E-state index < -0.39 is 5.92 Å². The summed E-state index contributed by atoms with van der Waals surface area (Å²) >= 11 is 1.44. The van der Waals surface area contributed by atoms with Crippen LogP contribution >= 0.6 is 11.8 Å². The molecule has 3 N–H and O–H groups in total. The smallest absolute Gasteiger partial charge is 0.257 e. The van der Waals surface area contributed by atoms with Gasteiger partial charge in [-0.2, -0.15) is 0 Å². The van der Waals surface area contributed by atoms with Crippen LogP contribution in [0.25, 0.3) is 0 Å². The monoisotopic (exact) mass is 519 g/mol. The molecule has 0 spiro atoms. The SMILES string of the molecule is COc1cc(C2C3=C(CC(C)(C)CC3=O)Nc3nc(SCc4ccccc4)[nH]c(=O)c32)cc(OC)c1O. The van der Waals surface area contributed by atoms with E-state index in [2.05, 4.69) is 24.1 Å². The third kappa shape index (κ3) is 4.71. The molecule has 1 aliphatic carbocycles. The molecule has 2 aliphatic rings. The lowest BCUT2D eigenvalue weighted by Crippen LogP contribution is -2.37. The molecular formula is C28H29N3O5S. The normalized spacial score (nSPS) is 18.1. The summed E-state index contributed by atoms with van der Waals surface area (Å²) in [7, 11) is 2.89. The highest BCUT2D eigenvalue weighted by Crippen LogP contribution is 2.50. The Morgan fingerprint density at radius 3 is 2.41 bits per heavy atom. The van der Waals surface area contributed by atoms with Gasteiger partial charge < -0.3 is 24.9 Å². The molecule has 1 unspecified atom stereocenters. The summed E-state index contributed by atoms with van der Waals surface area (Å²) in [4.78, 5) is 34.8. The maximum absolute atomic E-state index is 13.6. The van der Waals surface area contributed by atoms with Gasteiger partial charge in [-0.1, -0.05) is 55.9 Å². The molecule has 1 aromatic heterocycles. The van der Waals surface area contributed by atoms with Crippen LogP contribution in [0.3, 0.4) is 0 Å². The minimum absolute atomic E-state index is 0.0256. The molecular weight excluding hydrogens is 490 g/mol. The first-order valence-electron chi connectivity index (χ1n) is 12.0. The summed E-state index contributed by atoms with van der Waals surface area (Å²) < 4.78 is 10.7. The predicted octanol–water partition coefficient (Wildman–Crippen LogP) is 4.99. The Kier molecular flexibility index (Phi) is 6.49. The number of rotatable bonds is 6. The molecule has 1 atom stereocenters. The Labute approximate surface area is 219 Å². The second-order valence-electron chi connectivity index (χ2n) is 10.1. The molecule has 37 heavy (non-hydrogen) atoms. The van der Waals surface area contributed by atoms with Crippen molar-refractivity contribution in [1.82, 2.24) is 9.97 Å². The fourth-order valence-electron chi connectivity index (χ4n) is 5.10. The summed E-state index contributed by atoms with van der Waals surface area (Å²) in [6, 6.07) is 13.2. The van der Waals surface area contributed by atoms with Crippen molar-refractivity contribution in [1.29, 1.82) is 0 Å². The molecule has 2 heterocycles. The second kappa shape index (κ2) is 9.63. The maximum atomic E-state index is 13.6. The number of ketones is 1. The molecule has 0 bridgehead atoms. The van der Waals surface area contributed by atoms with Crippen LogP contribution < -0.4 is 20.3 Å². The predicted molar refractivity (Wildman–Crippen MR) is 143 cm³/mol. The zero-order chi connectivity index (χ0) is 26.3. The number of methoxy groups -OCH3 is 2. The number of fused-ring (bicyclic) bond motifs is 1.